The molecule has 0 radical (unpaired) electrons. The van der Waals surface area contributed by atoms with Crippen LogP contribution >= 0.6 is 34.8 Å². The number of carbonyl (C=O) groups excluding carboxylic acids is 1. The molecule has 0 unspecified atom stereocenters. The second-order valence-corrected chi connectivity index (χ2v) is 7.73. The Bertz CT molecular complexity index is 1000. The summed E-state index contributed by atoms with van der Waals surface area (Å²) in [5, 5.41) is 5.77. The van der Waals surface area contributed by atoms with Gasteiger partial charge in [0.1, 0.15) is 12.4 Å². The largest absolute Gasteiger partial charge is 0.487 e. The van der Waals surface area contributed by atoms with Crippen LogP contribution in [0.3, 0.4) is 0 Å². The van der Waals surface area contributed by atoms with E-state index in [4.69, 9.17) is 39.5 Å². The number of rotatable bonds is 7. The number of amides is 1. The number of aromatic nitrogens is 2. The molecule has 1 heterocycles. The van der Waals surface area contributed by atoms with Gasteiger partial charge in [0, 0.05) is 24.2 Å². The lowest BCUT2D eigenvalue weighted by atomic mass is 10.1. The summed E-state index contributed by atoms with van der Waals surface area (Å²) in [6, 6.07) is 12.3. The van der Waals surface area contributed by atoms with Crippen molar-refractivity contribution in [3.63, 3.8) is 0 Å². The molecule has 3 aromatic rings. The number of hydrogen-bond acceptors (Lipinski definition) is 3. The Balaban J connectivity index is 1.62. The molecule has 0 N–H and O–H groups in total. The summed E-state index contributed by atoms with van der Waals surface area (Å²) in [4.78, 5) is 14.4. The van der Waals surface area contributed by atoms with Crippen molar-refractivity contribution in [1.29, 1.82) is 0 Å². The quantitative estimate of drug-likeness (QED) is 0.461. The highest BCUT2D eigenvalue weighted by atomic mass is 35.5. The fourth-order valence-corrected chi connectivity index (χ4v) is 3.50. The normalized spacial score (nSPS) is 10.8. The summed E-state index contributed by atoms with van der Waals surface area (Å²) in [5.74, 6) is 0.457. The SMILES string of the molecule is CCn1ncc(Cl)c1CN(C)C(=O)c1ccc(COc2ccc(Cl)cc2Cl)cc1. The predicted molar refractivity (Wildman–Crippen MR) is 116 cm³/mol. The summed E-state index contributed by atoms with van der Waals surface area (Å²) in [5.41, 5.74) is 2.32. The minimum absolute atomic E-state index is 0.0990. The van der Waals surface area contributed by atoms with E-state index in [9.17, 15) is 4.79 Å². The molecule has 0 saturated carbocycles. The van der Waals surface area contributed by atoms with Crippen LogP contribution in [0, 0.1) is 0 Å². The fraction of sp³-hybridized carbons (Fsp3) is 0.238. The van der Waals surface area contributed by atoms with E-state index in [0.29, 0.717) is 46.1 Å². The second-order valence-electron chi connectivity index (χ2n) is 6.48. The average Bonchev–Trinajstić information content (AvgIpc) is 3.06. The summed E-state index contributed by atoms with van der Waals surface area (Å²) < 4.78 is 7.51. The number of nitrogens with zero attached hydrogens (tertiary/aromatic N) is 3. The smallest absolute Gasteiger partial charge is 0.253 e. The second kappa shape index (κ2) is 9.53. The van der Waals surface area contributed by atoms with Gasteiger partial charge in [-0.05, 0) is 42.8 Å². The first-order valence-corrected chi connectivity index (χ1v) is 10.1. The van der Waals surface area contributed by atoms with Crippen molar-refractivity contribution in [3.05, 3.63) is 80.6 Å². The molecule has 0 aliphatic carbocycles. The van der Waals surface area contributed by atoms with Gasteiger partial charge in [-0.15, -0.1) is 0 Å². The minimum atomic E-state index is -0.0990. The van der Waals surface area contributed by atoms with Gasteiger partial charge in [0.05, 0.1) is 28.5 Å². The summed E-state index contributed by atoms with van der Waals surface area (Å²) in [6.07, 6.45) is 1.60. The molecule has 0 aliphatic heterocycles. The maximum absolute atomic E-state index is 12.7. The molecule has 0 saturated heterocycles. The Labute approximate surface area is 184 Å². The minimum Gasteiger partial charge on any atom is -0.487 e. The molecule has 29 heavy (non-hydrogen) atoms. The standard InChI is InChI=1S/C21H20Cl3N3O2/c1-3-27-19(18(24)11-25-27)12-26(2)21(28)15-6-4-14(5-7-15)13-29-20-9-8-16(22)10-17(20)23/h4-11H,3,12-13H2,1-2H3. The molecule has 3 rings (SSSR count). The van der Waals surface area contributed by atoms with Crippen LogP contribution in [0.4, 0.5) is 0 Å². The van der Waals surface area contributed by atoms with Gasteiger partial charge in [-0.1, -0.05) is 46.9 Å². The van der Waals surface area contributed by atoms with Crippen LogP contribution in [0.25, 0.3) is 0 Å². The van der Waals surface area contributed by atoms with Crippen LogP contribution in [0.15, 0.2) is 48.7 Å². The van der Waals surface area contributed by atoms with Crippen LogP contribution in [0.5, 0.6) is 5.75 Å². The first-order chi connectivity index (χ1) is 13.9. The number of carbonyl (C=O) groups is 1. The van der Waals surface area contributed by atoms with Gasteiger partial charge in [-0.3, -0.25) is 9.48 Å². The summed E-state index contributed by atoms with van der Waals surface area (Å²) in [7, 11) is 1.74. The van der Waals surface area contributed by atoms with Gasteiger partial charge in [0.15, 0.2) is 0 Å². The molecule has 0 spiro atoms. The van der Waals surface area contributed by atoms with Gasteiger partial charge >= 0.3 is 0 Å². The molecule has 1 aromatic heterocycles. The fourth-order valence-electron chi connectivity index (χ4n) is 2.83. The molecule has 1 amide bonds. The lowest BCUT2D eigenvalue weighted by Crippen LogP contribution is -2.27. The molecule has 0 fully saturated rings. The highest BCUT2D eigenvalue weighted by Gasteiger charge is 2.16. The van der Waals surface area contributed by atoms with Gasteiger partial charge in [0.2, 0.25) is 0 Å². The van der Waals surface area contributed by atoms with Crippen LogP contribution in [-0.2, 0) is 19.7 Å². The van der Waals surface area contributed by atoms with Crippen LogP contribution in [-0.4, -0.2) is 27.6 Å². The van der Waals surface area contributed by atoms with Crippen LogP contribution in [0.1, 0.15) is 28.5 Å². The summed E-state index contributed by atoms with van der Waals surface area (Å²) >= 11 is 18.2. The molecular formula is C21H20Cl3N3O2. The Kier molecular flexibility index (Phi) is 7.06. The number of aryl methyl sites for hydroxylation is 1. The molecule has 2 aromatic carbocycles. The third-order valence-corrected chi connectivity index (χ3v) is 5.27. The van der Waals surface area contributed by atoms with Crippen LogP contribution < -0.4 is 4.74 Å². The van der Waals surface area contributed by atoms with Crippen molar-refractivity contribution in [1.82, 2.24) is 14.7 Å². The van der Waals surface area contributed by atoms with E-state index >= 15 is 0 Å². The topological polar surface area (TPSA) is 47.4 Å². The van der Waals surface area contributed by atoms with E-state index in [1.807, 2.05) is 19.1 Å². The molecule has 8 heteroatoms. The Hall–Kier alpha value is -2.21. The third kappa shape index (κ3) is 5.24. The Morgan fingerprint density at radius 3 is 2.48 bits per heavy atom. The van der Waals surface area contributed by atoms with Crippen molar-refractivity contribution < 1.29 is 9.53 Å². The first kappa shape index (κ1) is 21.5. The van der Waals surface area contributed by atoms with E-state index in [0.717, 1.165) is 11.3 Å². The zero-order valence-electron chi connectivity index (χ0n) is 16.0. The van der Waals surface area contributed by atoms with E-state index in [2.05, 4.69) is 5.10 Å². The number of ether oxygens (including phenoxy) is 1. The van der Waals surface area contributed by atoms with Crippen molar-refractivity contribution >= 4 is 40.7 Å². The molecular weight excluding hydrogens is 433 g/mol. The van der Waals surface area contributed by atoms with Crippen molar-refractivity contribution in [3.8, 4) is 5.75 Å². The Morgan fingerprint density at radius 2 is 1.83 bits per heavy atom. The van der Waals surface area contributed by atoms with E-state index in [-0.39, 0.29) is 5.91 Å². The zero-order chi connectivity index (χ0) is 21.0. The van der Waals surface area contributed by atoms with Gasteiger partial charge in [-0.2, -0.15) is 5.10 Å². The van der Waals surface area contributed by atoms with Gasteiger partial charge in [0.25, 0.3) is 5.91 Å². The van der Waals surface area contributed by atoms with E-state index in [1.54, 1.807) is 53.2 Å². The number of hydrogen-bond donors (Lipinski definition) is 0. The van der Waals surface area contributed by atoms with Crippen molar-refractivity contribution in [2.24, 2.45) is 0 Å². The first-order valence-electron chi connectivity index (χ1n) is 9.01. The highest BCUT2D eigenvalue weighted by molar-refractivity contribution is 6.35. The van der Waals surface area contributed by atoms with E-state index in [1.165, 1.54) is 0 Å². The van der Waals surface area contributed by atoms with Crippen molar-refractivity contribution in [2.45, 2.75) is 26.6 Å². The lowest BCUT2D eigenvalue weighted by molar-refractivity contribution is 0.0781. The monoisotopic (exact) mass is 451 g/mol. The van der Waals surface area contributed by atoms with Crippen molar-refractivity contribution in [2.75, 3.05) is 7.05 Å². The molecule has 0 bridgehead atoms. The highest BCUT2D eigenvalue weighted by Crippen LogP contribution is 2.28. The lowest BCUT2D eigenvalue weighted by Gasteiger charge is -2.18. The molecule has 0 atom stereocenters. The molecule has 5 nitrogen and oxygen atoms in total. The molecule has 152 valence electrons. The van der Waals surface area contributed by atoms with Gasteiger partial charge in [-0.25, -0.2) is 0 Å². The maximum Gasteiger partial charge on any atom is 0.253 e. The van der Waals surface area contributed by atoms with Gasteiger partial charge < -0.3 is 9.64 Å². The third-order valence-electron chi connectivity index (χ3n) is 4.42. The molecule has 0 aliphatic rings. The zero-order valence-corrected chi connectivity index (χ0v) is 18.3. The van der Waals surface area contributed by atoms with Crippen LogP contribution in [0.2, 0.25) is 15.1 Å². The predicted octanol–water partition coefficient (Wildman–Crippen LogP) is 5.71. The van der Waals surface area contributed by atoms with E-state index < -0.39 is 0 Å². The maximum atomic E-state index is 12.7. The average molecular weight is 453 g/mol. The summed E-state index contributed by atoms with van der Waals surface area (Å²) in [6.45, 7) is 3.38. The Morgan fingerprint density at radius 1 is 1.10 bits per heavy atom. The number of benzene rings is 2. The number of halogens is 3.